The Bertz CT molecular complexity index is 1510. The van der Waals surface area contributed by atoms with Crippen LogP contribution in [0.5, 0.6) is 5.75 Å². The molecule has 3 aromatic rings. The Morgan fingerprint density at radius 2 is 1.75 bits per heavy atom. The molecule has 0 spiro atoms. The van der Waals surface area contributed by atoms with Crippen LogP contribution in [0.25, 0.3) is 0 Å². The number of hydrogen-bond acceptors (Lipinski definition) is 8. The van der Waals surface area contributed by atoms with Crippen LogP contribution in [0.15, 0.2) is 60.8 Å². The smallest absolute Gasteiger partial charge is 0.445 e. The second-order valence-electron chi connectivity index (χ2n) is 12.1. The number of aromatic nitrogens is 2. The number of halogens is 3. The van der Waals surface area contributed by atoms with Crippen molar-refractivity contribution in [3.05, 3.63) is 77.5 Å². The molecule has 12 heteroatoms. The lowest BCUT2D eigenvalue weighted by Gasteiger charge is -2.60. The van der Waals surface area contributed by atoms with Crippen molar-refractivity contribution in [2.75, 3.05) is 17.2 Å². The van der Waals surface area contributed by atoms with Crippen LogP contribution >= 0.6 is 0 Å². The van der Waals surface area contributed by atoms with Crippen molar-refractivity contribution < 1.29 is 27.4 Å². The van der Waals surface area contributed by atoms with E-state index in [1.165, 1.54) is 24.4 Å². The number of ether oxygens (including phenoxy) is 2. The highest BCUT2D eigenvalue weighted by atomic mass is 19.4. The van der Waals surface area contributed by atoms with Gasteiger partial charge < -0.3 is 25.4 Å². The summed E-state index contributed by atoms with van der Waals surface area (Å²) >= 11 is 0. The molecule has 4 bridgehead atoms. The van der Waals surface area contributed by atoms with Crippen molar-refractivity contribution in [3.8, 4) is 11.8 Å². The summed E-state index contributed by atoms with van der Waals surface area (Å²) < 4.78 is 48.1. The molecule has 4 aliphatic carbocycles. The number of carbonyl (C=O) groups excluding carboxylic acids is 1. The van der Waals surface area contributed by atoms with Crippen LogP contribution in [0, 0.1) is 34.5 Å². The largest absolute Gasteiger partial charge is 0.573 e. The monoisotopic (exact) mass is 606 g/mol. The second-order valence-corrected chi connectivity index (χ2v) is 12.1. The summed E-state index contributed by atoms with van der Waals surface area (Å²) in [5, 5.41) is 19.2. The van der Waals surface area contributed by atoms with Gasteiger partial charge in [0.1, 0.15) is 29.8 Å². The average molecular weight is 607 g/mol. The van der Waals surface area contributed by atoms with Crippen LogP contribution in [-0.4, -0.2) is 35.0 Å². The average Bonchev–Trinajstić information content (AvgIpc) is 3.00. The Morgan fingerprint density at radius 3 is 2.48 bits per heavy atom. The molecule has 0 radical (unpaired) electrons. The number of nitriles is 1. The molecule has 0 saturated heterocycles. The van der Waals surface area contributed by atoms with Crippen LogP contribution in [-0.2, 0) is 17.9 Å². The van der Waals surface area contributed by atoms with Crippen molar-refractivity contribution in [1.82, 2.24) is 15.3 Å². The molecular weight excluding hydrogens is 573 g/mol. The molecule has 0 aliphatic heterocycles. The third kappa shape index (κ3) is 6.82. The fourth-order valence-electron chi connectivity index (χ4n) is 7.55. The summed E-state index contributed by atoms with van der Waals surface area (Å²) in [5.41, 5.74) is 1.52. The summed E-state index contributed by atoms with van der Waals surface area (Å²) in [5.74, 6) is 1.54. The van der Waals surface area contributed by atoms with Gasteiger partial charge in [-0.25, -0.2) is 9.78 Å². The molecule has 3 N–H and O–H groups in total. The van der Waals surface area contributed by atoms with E-state index < -0.39 is 6.36 Å². The summed E-state index contributed by atoms with van der Waals surface area (Å²) in [7, 11) is 0. The van der Waals surface area contributed by atoms with Gasteiger partial charge in [0.15, 0.2) is 0 Å². The zero-order chi connectivity index (χ0) is 30.7. The van der Waals surface area contributed by atoms with E-state index in [9.17, 15) is 23.2 Å². The van der Waals surface area contributed by atoms with E-state index >= 15 is 0 Å². The van der Waals surface area contributed by atoms with Gasteiger partial charge in [-0.15, -0.1) is 13.2 Å². The summed E-state index contributed by atoms with van der Waals surface area (Å²) in [6, 6.07) is 17.7. The topological polar surface area (TPSA) is 121 Å². The molecule has 7 rings (SSSR count). The minimum absolute atomic E-state index is 0.00522. The van der Waals surface area contributed by atoms with Crippen LogP contribution in [0.1, 0.15) is 48.8 Å². The third-order valence-corrected chi connectivity index (χ3v) is 9.07. The van der Waals surface area contributed by atoms with Crippen molar-refractivity contribution in [2.24, 2.45) is 23.2 Å². The number of nitrogens with zero attached hydrogens (tertiary/aromatic N) is 3. The van der Waals surface area contributed by atoms with Crippen LogP contribution in [0.3, 0.4) is 0 Å². The van der Waals surface area contributed by atoms with Gasteiger partial charge in [-0.05, 0) is 66.9 Å². The number of alkyl carbamates (subject to hydrolysis) is 1. The number of nitrogens with one attached hydrogen (secondary N) is 3. The molecule has 1 heterocycles. The lowest BCUT2D eigenvalue weighted by molar-refractivity contribution is -0.274. The quantitative estimate of drug-likeness (QED) is 0.243. The van der Waals surface area contributed by atoms with E-state index in [0.29, 0.717) is 30.1 Å². The molecule has 1 amide bonds. The van der Waals surface area contributed by atoms with Crippen LogP contribution < -0.4 is 20.7 Å². The SMILES string of the molecule is N#Cc1cnc(NCc2ccccc2OC(F)(F)F)nc1NC[C@]12CC3C[C@H](C1)[C@@H](NC(=O)OCc1ccccc1)[C@@H](C3)C2. The number of amides is 1. The maximum Gasteiger partial charge on any atom is 0.573 e. The van der Waals surface area contributed by atoms with Crippen LogP contribution in [0.4, 0.5) is 29.7 Å². The lowest BCUT2D eigenvalue weighted by atomic mass is 9.48. The molecule has 1 aromatic heterocycles. The maximum atomic E-state index is 12.8. The van der Waals surface area contributed by atoms with Crippen molar-refractivity contribution in [1.29, 1.82) is 5.26 Å². The van der Waals surface area contributed by atoms with E-state index in [2.05, 4.69) is 36.7 Å². The molecule has 9 nitrogen and oxygen atoms in total. The summed E-state index contributed by atoms with van der Waals surface area (Å²) in [4.78, 5) is 21.3. The number of anilines is 2. The predicted octanol–water partition coefficient (Wildman–Crippen LogP) is 6.39. The normalized spacial score (nSPS) is 25.1. The van der Waals surface area contributed by atoms with E-state index in [4.69, 9.17) is 4.74 Å². The fraction of sp³-hybridized carbons (Fsp3) is 0.438. The Balaban J connectivity index is 1.07. The highest BCUT2D eigenvalue weighted by Gasteiger charge is 2.55. The summed E-state index contributed by atoms with van der Waals surface area (Å²) in [6.07, 6.45) is 1.33. The Morgan fingerprint density at radius 1 is 1.02 bits per heavy atom. The molecule has 5 atom stereocenters. The highest BCUT2D eigenvalue weighted by molar-refractivity contribution is 5.67. The number of alkyl halides is 3. The predicted molar refractivity (Wildman–Crippen MR) is 155 cm³/mol. The molecule has 230 valence electrons. The number of carbonyl (C=O) groups is 1. The number of rotatable bonds is 10. The molecule has 4 aliphatic rings. The first kappa shape index (κ1) is 29.5. The van der Waals surface area contributed by atoms with Crippen molar-refractivity contribution in [2.45, 2.75) is 57.7 Å². The van der Waals surface area contributed by atoms with Gasteiger partial charge in [0.2, 0.25) is 5.95 Å². The third-order valence-electron chi connectivity index (χ3n) is 9.07. The minimum Gasteiger partial charge on any atom is -0.445 e. The van der Waals surface area contributed by atoms with Gasteiger partial charge >= 0.3 is 12.5 Å². The number of hydrogen-bond donors (Lipinski definition) is 3. The van der Waals surface area contributed by atoms with Crippen LogP contribution in [0.2, 0.25) is 0 Å². The lowest BCUT2D eigenvalue weighted by Crippen LogP contribution is -2.60. The molecular formula is C32H33F3N6O3. The maximum absolute atomic E-state index is 12.8. The molecule has 4 fully saturated rings. The standard InChI is InChI=1S/C32H33F3N6O3/c33-32(34,35)44-26-9-5-4-8-22(26)16-37-29-38-17-25(15-36)28(41-29)39-19-31-12-21-10-23(13-31)27(24(11-21)14-31)40-30(42)43-18-20-6-2-1-3-7-20/h1-9,17,21,23-24,27H,10-14,16,18-19H2,(H,40,42)(H2,37,38,39,41)/t21?,23-,24+,27-,31-. The molecule has 4 saturated carbocycles. The first-order chi connectivity index (χ1) is 21.2. The van der Waals surface area contributed by atoms with Gasteiger partial charge in [-0.2, -0.15) is 10.2 Å². The van der Waals surface area contributed by atoms with Gasteiger partial charge in [-0.3, -0.25) is 0 Å². The zero-order valence-electron chi connectivity index (χ0n) is 23.9. The zero-order valence-corrected chi connectivity index (χ0v) is 23.9. The van der Waals surface area contributed by atoms with Gasteiger partial charge in [0, 0.05) is 24.7 Å². The van der Waals surface area contributed by atoms with Gasteiger partial charge in [0.05, 0.1) is 6.20 Å². The van der Waals surface area contributed by atoms with E-state index in [-0.39, 0.29) is 53.5 Å². The molecule has 44 heavy (non-hydrogen) atoms. The molecule has 2 aromatic carbocycles. The Hall–Kier alpha value is -4.53. The fourth-order valence-corrected chi connectivity index (χ4v) is 7.55. The Kier molecular flexibility index (Phi) is 8.21. The van der Waals surface area contributed by atoms with E-state index in [1.807, 2.05) is 30.3 Å². The second kappa shape index (κ2) is 12.2. The Labute approximate surface area is 253 Å². The first-order valence-corrected chi connectivity index (χ1v) is 14.7. The summed E-state index contributed by atoms with van der Waals surface area (Å²) in [6.45, 7) is 0.847. The van der Waals surface area contributed by atoms with Gasteiger partial charge in [0.25, 0.3) is 0 Å². The number of para-hydroxylation sites is 1. The van der Waals surface area contributed by atoms with Crippen molar-refractivity contribution in [3.63, 3.8) is 0 Å². The molecule has 1 unspecified atom stereocenters. The van der Waals surface area contributed by atoms with E-state index in [0.717, 1.165) is 37.7 Å². The first-order valence-electron chi connectivity index (χ1n) is 14.7. The van der Waals surface area contributed by atoms with E-state index in [1.54, 1.807) is 6.07 Å². The van der Waals surface area contributed by atoms with Crippen molar-refractivity contribution >= 4 is 17.9 Å². The van der Waals surface area contributed by atoms with Gasteiger partial charge in [-0.1, -0.05) is 48.5 Å². The minimum atomic E-state index is -4.81. The number of benzene rings is 2. The highest BCUT2D eigenvalue weighted by Crippen LogP contribution is 2.60.